The molecular formula is C20H18N4O4S. The normalized spacial score (nSPS) is 10.2. The van der Waals surface area contributed by atoms with Crippen LogP contribution in [0.15, 0.2) is 53.9 Å². The second-order valence-corrected chi connectivity index (χ2v) is 6.80. The largest absolute Gasteiger partial charge is 0.478 e. The second-order valence-electron chi connectivity index (χ2n) is 5.95. The Bertz CT molecular complexity index is 1050. The molecule has 0 atom stereocenters. The first-order valence-electron chi connectivity index (χ1n) is 8.72. The van der Waals surface area contributed by atoms with Crippen molar-refractivity contribution in [2.24, 2.45) is 0 Å². The van der Waals surface area contributed by atoms with Gasteiger partial charge in [-0.2, -0.15) is 0 Å². The molecule has 1 heterocycles. The summed E-state index contributed by atoms with van der Waals surface area (Å²) in [7, 11) is 0. The first-order valence-corrected chi connectivity index (χ1v) is 9.60. The van der Waals surface area contributed by atoms with Gasteiger partial charge in [-0.25, -0.2) is 9.78 Å². The van der Waals surface area contributed by atoms with Crippen LogP contribution in [0.5, 0.6) is 0 Å². The number of thiazole rings is 1. The molecule has 0 saturated carbocycles. The van der Waals surface area contributed by atoms with Gasteiger partial charge in [0.05, 0.1) is 16.8 Å². The molecule has 3 aromatic rings. The van der Waals surface area contributed by atoms with Gasteiger partial charge in [-0.05, 0) is 24.3 Å². The Morgan fingerprint density at radius 3 is 2.38 bits per heavy atom. The van der Waals surface area contributed by atoms with Gasteiger partial charge in [-0.1, -0.05) is 31.2 Å². The Morgan fingerprint density at radius 2 is 1.72 bits per heavy atom. The summed E-state index contributed by atoms with van der Waals surface area (Å²) in [6, 6.07) is 13.2. The predicted molar refractivity (Wildman–Crippen MR) is 111 cm³/mol. The Morgan fingerprint density at radius 1 is 1.03 bits per heavy atom. The third-order valence-corrected chi connectivity index (χ3v) is 4.73. The first kappa shape index (κ1) is 20.0. The van der Waals surface area contributed by atoms with Crippen molar-refractivity contribution in [1.82, 2.24) is 10.4 Å². The molecule has 0 radical (unpaired) electrons. The molecule has 1 aromatic heterocycles. The van der Waals surface area contributed by atoms with Crippen LogP contribution in [0.2, 0.25) is 0 Å². The number of hydrazine groups is 1. The van der Waals surface area contributed by atoms with Crippen molar-refractivity contribution >= 4 is 39.9 Å². The number of carboxylic acids is 1. The Balaban J connectivity index is 1.64. The molecule has 2 amide bonds. The van der Waals surface area contributed by atoms with Gasteiger partial charge in [0, 0.05) is 23.1 Å². The fourth-order valence-electron chi connectivity index (χ4n) is 2.48. The summed E-state index contributed by atoms with van der Waals surface area (Å²) in [5.74, 6) is -1.81. The van der Waals surface area contributed by atoms with Crippen LogP contribution >= 0.6 is 11.3 Å². The lowest BCUT2D eigenvalue weighted by Crippen LogP contribution is -2.30. The molecule has 0 fully saturated rings. The van der Waals surface area contributed by atoms with Crippen LogP contribution in [0, 0.1) is 0 Å². The number of amides is 2. The maximum atomic E-state index is 12.3. The fraction of sp³-hybridized carbons (Fsp3) is 0.100. The van der Waals surface area contributed by atoms with Gasteiger partial charge in [0.15, 0.2) is 0 Å². The molecular weight excluding hydrogens is 392 g/mol. The standard InChI is InChI=1S/C20H18N4O4S/c1-2-17(25)21-13-9-7-12(8-10-13)16-11-29-20(22-16)24-23-18(26)14-5-3-4-6-15(14)19(27)28/h3-11H,2H2,1H3,(H,21,25)(H,22,24)(H,23,26)(H,27,28). The van der Waals surface area contributed by atoms with Gasteiger partial charge in [0.25, 0.3) is 5.91 Å². The van der Waals surface area contributed by atoms with Crippen LogP contribution in [0.4, 0.5) is 10.8 Å². The zero-order valence-corrected chi connectivity index (χ0v) is 16.2. The van der Waals surface area contributed by atoms with E-state index in [-0.39, 0.29) is 17.0 Å². The highest BCUT2D eigenvalue weighted by molar-refractivity contribution is 7.14. The van der Waals surface area contributed by atoms with E-state index in [0.29, 0.717) is 22.9 Å². The summed E-state index contributed by atoms with van der Waals surface area (Å²) in [6.07, 6.45) is 0.408. The quantitative estimate of drug-likeness (QED) is 0.442. The Kier molecular flexibility index (Phi) is 6.20. The lowest BCUT2D eigenvalue weighted by molar-refractivity contribution is -0.115. The summed E-state index contributed by atoms with van der Waals surface area (Å²) in [4.78, 5) is 39.3. The fourth-order valence-corrected chi connectivity index (χ4v) is 3.16. The number of benzene rings is 2. The van der Waals surface area contributed by atoms with Gasteiger partial charge >= 0.3 is 5.97 Å². The zero-order chi connectivity index (χ0) is 20.8. The molecule has 0 spiro atoms. The number of carbonyl (C=O) groups excluding carboxylic acids is 2. The number of nitrogens with zero attached hydrogens (tertiary/aromatic N) is 1. The number of aromatic nitrogens is 1. The summed E-state index contributed by atoms with van der Waals surface area (Å²) in [6.45, 7) is 1.78. The van der Waals surface area contributed by atoms with Crippen molar-refractivity contribution in [3.63, 3.8) is 0 Å². The summed E-state index contributed by atoms with van der Waals surface area (Å²) in [5, 5.41) is 14.2. The van der Waals surface area contributed by atoms with Crippen molar-refractivity contribution in [1.29, 1.82) is 0 Å². The van der Waals surface area contributed by atoms with Crippen molar-refractivity contribution in [2.75, 3.05) is 10.7 Å². The molecule has 148 valence electrons. The molecule has 3 rings (SSSR count). The maximum absolute atomic E-state index is 12.3. The topological polar surface area (TPSA) is 120 Å². The molecule has 0 aliphatic carbocycles. The van der Waals surface area contributed by atoms with E-state index in [9.17, 15) is 19.5 Å². The average Bonchev–Trinajstić information content (AvgIpc) is 3.21. The third kappa shape index (κ3) is 4.96. The zero-order valence-electron chi connectivity index (χ0n) is 15.4. The van der Waals surface area contributed by atoms with Gasteiger partial charge in [-0.15, -0.1) is 11.3 Å². The minimum atomic E-state index is -1.18. The number of hydrogen-bond donors (Lipinski definition) is 4. The van der Waals surface area contributed by atoms with E-state index in [1.54, 1.807) is 31.2 Å². The molecule has 0 saturated heterocycles. The number of rotatable bonds is 7. The van der Waals surface area contributed by atoms with Crippen LogP contribution in [-0.2, 0) is 4.79 Å². The van der Waals surface area contributed by atoms with E-state index in [0.717, 1.165) is 5.56 Å². The average molecular weight is 410 g/mol. The second kappa shape index (κ2) is 8.98. The lowest BCUT2D eigenvalue weighted by atomic mass is 10.1. The monoisotopic (exact) mass is 410 g/mol. The van der Waals surface area contributed by atoms with Crippen molar-refractivity contribution in [3.8, 4) is 11.3 Å². The van der Waals surface area contributed by atoms with Gasteiger partial charge in [0.1, 0.15) is 0 Å². The van der Waals surface area contributed by atoms with Crippen molar-refractivity contribution in [3.05, 3.63) is 65.0 Å². The molecule has 29 heavy (non-hydrogen) atoms. The third-order valence-electron chi connectivity index (χ3n) is 3.97. The molecule has 9 heteroatoms. The molecule has 8 nitrogen and oxygen atoms in total. The van der Waals surface area contributed by atoms with Crippen LogP contribution in [0.1, 0.15) is 34.1 Å². The van der Waals surface area contributed by atoms with Gasteiger partial charge in [-0.3, -0.25) is 20.4 Å². The molecule has 0 unspecified atom stereocenters. The SMILES string of the molecule is CCC(=O)Nc1ccc(-c2csc(NNC(=O)c3ccccc3C(=O)O)n2)cc1. The van der Waals surface area contributed by atoms with E-state index < -0.39 is 11.9 Å². The first-order chi connectivity index (χ1) is 14.0. The van der Waals surface area contributed by atoms with E-state index in [1.807, 2.05) is 17.5 Å². The summed E-state index contributed by atoms with van der Waals surface area (Å²) < 4.78 is 0. The van der Waals surface area contributed by atoms with Gasteiger partial charge < -0.3 is 10.4 Å². The number of carboxylic acid groups (broad SMARTS) is 1. The Labute approximate surface area is 170 Å². The molecule has 0 aliphatic heterocycles. The van der Waals surface area contributed by atoms with Crippen molar-refractivity contribution in [2.45, 2.75) is 13.3 Å². The van der Waals surface area contributed by atoms with Crippen LogP contribution in [0.25, 0.3) is 11.3 Å². The van der Waals surface area contributed by atoms with E-state index in [4.69, 9.17) is 0 Å². The van der Waals surface area contributed by atoms with Crippen LogP contribution in [-0.4, -0.2) is 27.9 Å². The minimum Gasteiger partial charge on any atom is -0.478 e. The number of anilines is 2. The van der Waals surface area contributed by atoms with E-state index in [1.165, 1.54) is 23.5 Å². The summed E-state index contributed by atoms with van der Waals surface area (Å²) >= 11 is 1.29. The highest BCUT2D eigenvalue weighted by atomic mass is 32.1. The molecule has 0 bridgehead atoms. The molecule has 2 aromatic carbocycles. The number of hydrogen-bond acceptors (Lipinski definition) is 6. The highest BCUT2D eigenvalue weighted by Crippen LogP contribution is 2.25. The van der Waals surface area contributed by atoms with Crippen molar-refractivity contribution < 1.29 is 19.5 Å². The van der Waals surface area contributed by atoms with Crippen LogP contribution in [0.3, 0.4) is 0 Å². The number of carbonyl (C=O) groups is 3. The number of aromatic carboxylic acids is 1. The summed E-state index contributed by atoms with van der Waals surface area (Å²) in [5.41, 5.74) is 7.39. The Hall–Kier alpha value is -3.72. The van der Waals surface area contributed by atoms with Crippen LogP contribution < -0.4 is 16.2 Å². The minimum absolute atomic E-state index is 0.0500. The maximum Gasteiger partial charge on any atom is 0.336 e. The van der Waals surface area contributed by atoms with E-state index in [2.05, 4.69) is 21.2 Å². The predicted octanol–water partition coefficient (Wildman–Crippen LogP) is 3.61. The molecule has 4 N–H and O–H groups in total. The smallest absolute Gasteiger partial charge is 0.336 e. The number of nitrogens with one attached hydrogen (secondary N) is 3. The van der Waals surface area contributed by atoms with Gasteiger partial charge in [0.2, 0.25) is 11.0 Å². The highest BCUT2D eigenvalue weighted by Gasteiger charge is 2.16. The molecule has 0 aliphatic rings. The van der Waals surface area contributed by atoms with E-state index >= 15 is 0 Å². The lowest BCUT2D eigenvalue weighted by Gasteiger charge is -2.08.